The van der Waals surface area contributed by atoms with Crippen LogP contribution in [0.15, 0.2) is 46.9 Å². The predicted octanol–water partition coefficient (Wildman–Crippen LogP) is 5.68. The zero-order chi connectivity index (χ0) is 18.8. The van der Waals surface area contributed by atoms with Crippen molar-refractivity contribution in [3.05, 3.63) is 58.3 Å². The van der Waals surface area contributed by atoms with Crippen LogP contribution in [-0.4, -0.2) is 11.5 Å². The van der Waals surface area contributed by atoms with Gasteiger partial charge in [-0.05, 0) is 55.2 Å². The van der Waals surface area contributed by atoms with E-state index in [9.17, 15) is 9.18 Å². The molecule has 0 heterocycles. The lowest BCUT2D eigenvalue weighted by Crippen LogP contribution is -2.42. The Morgan fingerprint density at radius 3 is 2.16 bits per heavy atom. The molecular formula is C20H23BrFNO2. The summed E-state index contributed by atoms with van der Waals surface area (Å²) in [7, 11) is 0. The molecule has 0 radical (unpaired) electrons. The first-order valence-electron chi connectivity index (χ1n) is 8.05. The van der Waals surface area contributed by atoms with Crippen LogP contribution in [0.1, 0.15) is 40.2 Å². The Labute approximate surface area is 156 Å². The van der Waals surface area contributed by atoms with Crippen molar-refractivity contribution in [1.82, 2.24) is 0 Å². The Morgan fingerprint density at radius 2 is 1.64 bits per heavy atom. The molecule has 0 saturated heterocycles. The summed E-state index contributed by atoms with van der Waals surface area (Å²) >= 11 is 3.19. The largest absolute Gasteiger partial charge is 0.478 e. The summed E-state index contributed by atoms with van der Waals surface area (Å²) in [6.07, 6.45) is 0. The second-order valence-electron chi connectivity index (χ2n) is 7.47. The second-order valence-corrected chi connectivity index (χ2v) is 8.38. The molecule has 5 heteroatoms. The first-order valence-corrected chi connectivity index (χ1v) is 8.84. The number of amides is 1. The average Bonchev–Trinajstić information content (AvgIpc) is 2.49. The molecule has 0 unspecified atom stereocenters. The summed E-state index contributed by atoms with van der Waals surface area (Å²) in [6, 6.07) is 12.1. The van der Waals surface area contributed by atoms with Gasteiger partial charge >= 0.3 is 0 Å². The van der Waals surface area contributed by atoms with E-state index in [1.165, 1.54) is 17.7 Å². The van der Waals surface area contributed by atoms with E-state index in [-0.39, 0.29) is 11.1 Å². The molecule has 1 N–H and O–H groups in total. The normalized spacial score (nSPS) is 12.0. The van der Waals surface area contributed by atoms with Crippen LogP contribution in [0.2, 0.25) is 0 Å². The van der Waals surface area contributed by atoms with Gasteiger partial charge in [0.2, 0.25) is 0 Å². The van der Waals surface area contributed by atoms with Crippen molar-refractivity contribution in [1.29, 1.82) is 0 Å². The molecule has 1 amide bonds. The van der Waals surface area contributed by atoms with Crippen LogP contribution in [0.3, 0.4) is 0 Å². The smallest absolute Gasteiger partial charge is 0.268 e. The second kappa shape index (κ2) is 7.16. The minimum atomic E-state index is -1.15. The van der Waals surface area contributed by atoms with Gasteiger partial charge in [-0.3, -0.25) is 4.79 Å². The Bertz CT molecular complexity index is 764. The van der Waals surface area contributed by atoms with E-state index in [0.29, 0.717) is 10.2 Å². The van der Waals surface area contributed by atoms with Gasteiger partial charge in [-0.1, -0.05) is 48.8 Å². The van der Waals surface area contributed by atoms with Gasteiger partial charge in [0.15, 0.2) is 5.60 Å². The van der Waals surface area contributed by atoms with Crippen molar-refractivity contribution in [2.24, 2.45) is 0 Å². The number of halogens is 2. The number of benzene rings is 2. The predicted molar refractivity (Wildman–Crippen MR) is 103 cm³/mol. The quantitative estimate of drug-likeness (QED) is 0.707. The highest BCUT2D eigenvalue weighted by Crippen LogP contribution is 2.27. The zero-order valence-corrected chi connectivity index (χ0v) is 16.7. The van der Waals surface area contributed by atoms with Crippen LogP contribution < -0.4 is 10.1 Å². The van der Waals surface area contributed by atoms with Gasteiger partial charge in [-0.15, -0.1) is 0 Å². The number of ether oxygens (including phenoxy) is 1. The van der Waals surface area contributed by atoms with Crippen molar-refractivity contribution >= 4 is 27.5 Å². The third-order valence-corrected chi connectivity index (χ3v) is 4.31. The van der Waals surface area contributed by atoms with Crippen molar-refractivity contribution < 1.29 is 13.9 Å². The summed E-state index contributed by atoms with van der Waals surface area (Å²) in [6.45, 7) is 9.69. The molecule has 3 nitrogen and oxygen atoms in total. The zero-order valence-electron chi connectivity index (χ0n) is 15.1. The van der Waals surface area contributed by atoms with Crippen LogP contribution in [0.4, 0.5) is 10.1 Å². The Kier molecular flexibility index (Phi) is 5.57. The minimum absolute atomic E-state index is 0.0462. The first-order chi connectivity index (χ1) is 11.5. The van der Waals surface area contributed by atoms with Gasteiger partial charge in [-0.25, -0.2) is 4.39 Å². The molecule has 134 valence electrons. The monoisotopic (exact) mass is 407 g/mol. The fourth-order valence-corrected chi connectivity index (χ4v) is 2.56. The molecule has 0 atom stereocenters. The number of nitrogens with one attached hydrogen (secondary N) is 1. The lowest BCUT2D eigenvalue weighted by atomic mass is 9.87. The maximum atomic E-state index is 13.9. The molecule has 0 aliphatic heterocycles. The molecule has 0 aromatic heterocycles. The highest BCUT2D eigenvalue weighted by Gasteiger charge is 2.30. The molecule has 0 bridgehead atoms. The molecule has 2 aromatic rings. The van der Waals surface area contributed by atoms with E-state index >= 15 is 0 Å². The Hall–Kier alpha value is -1.88. The number of hydrogen-bond donors (Lipinski definition) is 1. The number of carbonyl (C=O) groups excluding carboxylic acids is 1. The molecule has 2 rings (SSSR count). The topological polar surface area (TPSA) is 38.3 Å². The van der Waals surface area contributed by atoms with E-state index < -0.39 is 17.3 Å². The molecule has 0 spiro atoms. The summed E-state index contributed by atoms with van der Waals surface area (Å²) in [4.78, 5) is 12.5. The molecule has 0 aliphatic carbocycles. The molecular weight excluding hydrogens is 385 g/mol. The summed E-state index contributed by atoms with van der Waals surface area (Å²) in [5.41, 5.74) is 0.194. The molecule has 0 fully saturated rings. The highest BCUT2D eigenvalue weighted by atomic mass is 79.9. The summed E-state index contributed by atoms with van der Waals surface area (Å²) < 4.78 is 20.3. The van der Waals surface area contributed by atoms with Crippen LogP contribution >= 0.6 is 15.9 Å². The first kappa shape index (κ1) is 19.4. The van der Waals surface area contributed by atoms with Crippen LogP contribution in [0.25, 0.3) is 0 Å². The number of carbonyl (C=O) groups is 1. The fourth-order valence-electron chi connectivity index (χ4n) is 2.23. The van der Waals surface area contributed by atoms with E-state index in [0.717, 1.165) is 0 Å². The lowest BCUT2D eigenvalue weighted by Gasteiger charge is -2.26. The van der Waals surface area contributed by atoms with Gasteiger partial charge < -0.3 is 10.1 Å². The fraction of sp³-hybridized carbons (Fsp3) is 0.350. The van der Waals surface area contributed by atoms with Crippen LogP contribution in [0.5, 0.6) is 5.75 Å². The third kappa shape index (κ3) is 5.05. The van der Waals surface area contributed by atoms with E-state index in [1.54, 1.807) is 19.9 Å². The molecule has 2 aromatic carbocycles. The molecule has 0 aliphatic rings. The van der Waals surface area contributed by atoms with Gasteiger partial charge in [0.05, 0.1) is 5.69 Å². The van der Waals surface area contributed by atoms with Gasteiger partial charge in [0, 0.05) is 4.47 Å². The SMILES string of the molecule is CC(C)(Oc1ccc(C(C)(C)C)cc1)C(=O)Nc1ccc(Br)cc1F. The Morgan fingerprint density at radius 1 is 1.04 bits per heavy atom. The summed E-state index contributed by atoms with van der Waals surface area (Å²) in [5, 5.41) is 2.57. The third-order valence-electron chi connectivity index (χ3n) is 3.82. The van der Waals surface area contributed by atoms with E-state index in [4.69, 9.17) is 4.74 Å². The van der Waals surface area contributed by atoms with Gasteiger partial charge in [0.1, 0.15) is 11.6 Å². The van der Waals surface area contributed by atoms with Crippen molar-refractivity contribution in [2.45, 2.75) is 45.6 Å². The van der Waals surface area contributed by atoms with Crippen molar-refractivity contribution in [3.8, 4) is 5.75 Å². The average molecular weight is 408 g/mol. The molecule has 25 heavy (non-hydrogen) atoms. The Balaban J connectivity index is 2.11. The van der Waals surface area contributed by atoms with Gasteiger partial charge in [-0.2, -0.15) is 0 Å². The number of rotatable bonds is 4. The van der Waals surface area contributed by atoms with E-state index in [1.807, 2.05) is 24.3 Å². The van der Waals surface area contributed by atoms with Crippen LogP contribution in [-0.2, 0) is 10.2 Å². The minimum Gasteiger partial charge on any atom is -0.478 e. The van der Waals surface area contributed by atoms with Crippen molar-refractivity contribution in [2.75, 3.05) is 5.32 Å². The van der Waals surface area contributed by atoms with Crippen LogP contribution in [0, 0.1) is 5.82 Å². The highest BCUT2D eigenvalue weighted by molar-refractivity contribution is 9.10. The maximum absolute atomic E-state index is 13.9. The maximum Gasteiger partial charge on any atom is 0.268 e. The lowest BCUT2D eigenvalue weighted by molar-refractivity contribution is -0.128. The van der Waals surface area contributed by atoms with Crippen molar-refractivity contribution in [3.63, 3.8) is 0 Å². The summed E-state index contributed by atoms with van der Waals surface area (Å²) in [5.74, 6) is -0.342. The molecule has 0 saturated carbocycles. The van der Waals surface area contributed by atoms with Gasteiger partial charge in [0.25, 0.3) is 5.91 Å². The standard InChI is InChI=1S/C20H23BrFNO2/c1-19(2,3)13-6-9-15(10-7-13)25-20(4,5)18(24)23-17-11-8-14(21)12-16(17)22/h6-12H,1-5H3,(H,23,24). The van der Waals surface area contributed by atoms with E-state index in [2.05, 4.69) is 42.0 Å². The number of hydrogen-bond acceptors (Lipinski definition) is 2. The number of anilines is 1.